The van der Waals surface area contributed by atoms with E-state index in [-0.39, 0.29) is 75.2 Å². The van der Waals surface area contributed by atoms with Crippen LogP contribution in [0.1, 0.15) is 18.2 Å². The fraction of sp³-hybridized carbons (Fsp3) is 0.0833. The highest BCUT2D eigenvalue weighted by molar-refractivity contribution is 6.44. The smallest absolute Gasteiger partial charge is 0.407 e. The Kier molecular flexibility index (Phi) is 6.70. The minimum absolute atomic E-state index is 0.0860. The van der Waals surface area contributed by atoms with Crippen LogP contribution in [0.5, 0.6) is 5.88 Å². The topological polar surface area (TPSA) is 114 Å². The summed E-state index contributed by atoms with van der Waals surface area (Å²) in [6, 6.07) is 5.62. The number of rotatable bonds is 3. The maximum atomic E-state index is 13.3. The van der Waals surface area contributed by atoms with Gasteiger partial charge in [0.25, 0.3) is 5.69 Å². The van der Waals surface area contributed by atoms with E-state index in [1.165, 1.54) is 38.1 Å². The lowest BCUT2D eigenvalue weighted by Gasteiger charge is -2.31. The van der Waals surface area contributed by atoms with Gasteiger partial charge in [-0.3, -0.25) is 4.79 Å². The number of carbonyl (C=O) groups is 1. The molecule has 0 unspecified atom stereocenters. The van der Waals surface area contributed by atoms with Crippen LogP contribution in [-0.4, -0.2) is 42.1 Å². The van der Waals surface area contributed by atoms with Gasteiger partial charge in [-0.05, 0) is 42.8 Å². The normalized spacial score (nSPS) is 17.5. The average Bonchev–Trinajstić information content (AvgIpc) is 3.23. The molecule has 14 heteroatoms. The number of carbonyl (C=O) groups excluding carboxylic acids is 1. The molecule has 194 valence electrons. The van der Waals surface area contributed by atoms with Crippen molar-refractivity contribution in [1.29, 1.82) is 0 Å². The number of aromatic nitrogens is 2. The lowest BCUT2D eigenvalue weighted by Crippen LogP contribution is -2.33. The maximum absolute atomic E-state index is 13.3. The number of allylic oxidation sites excluding steroid dienone is 2. The average molecular weight is 633 g/mol. The van der Waals surface area contributed by atoms with Crippen molar-refractivity contribution < 1.29 is 24.8 Å². The number of hydrogen-bond donors (Lipinski definition) is 2. The van der Waals surface area contributed by atoms with E-state index < -0.39 is 23.3 Å². The first-order valence-electron chi connectivity index (χ1n) is 10.5. The Morgan fingerprint density at radius 2 is 1.37 bits per heavy atom. The molecule has 0 saturated carbocycles. The van der Waals surface area contributed by atoms with Crippen LogP contribution in [0.2, 0.25) is 30.1 Å². The van der Waals surface area contributed by atoms with Gasteiger partial charge < -0.3 is 15.3 Å². The molecule has 1 aliphatic heterocycles. The van der Waals surface area contributed by atoms with Crippen LogP contribution in [-0.2, 0) is 4.79 Å². The summed E-state index contributed by atoms with van der Waals surface area (Å²) in [6.07, 6.45) is 0. The number of nitrogens with zero attached hydrogens (tertiary/aromatic N) is 4. The summed E-state index contributed by atoms with van der Waals surface area (Å²) < 4.78 is 2.03. The number of halogens is 6. The number of aliphatic hydroxyl groups is 1. The number of Topliss-reactive ketones (excluding diaryl/α,β-unsaturated/α-hetero) is 1. The zero-order valence-electron chi connectivity index (χ0n) is 19.1. The lowest BCUT2D eigenvalue weighted by molar-refractivity contribution is -0.450. The van der Waals surface area contributed by atoms with Gasteiger partial charge in [-0.2, -0.15) is 9.78 Å². The predicted molar refractivity (Wildman–Crippen MR) is 146 cm³/mol. The Morgan fingerprint density at radius 1 is 0.842 bits per heavy atom. The van der Waals surface area contributed by atoms with Crippen molar-refractivity contribution in [3.05, 3.63) is 82.6 Å². The van der Waals surface area contributed by atoms with Crippen molar-refractivity contribution in [2.75, 3.05) is 0 Å². The third-order valence-electron chi connectivity index (χ3n) is 5.87. The fourth-order valence-corrected chi connectivity index (χ4v) is 6.20. The quantitative estimate of drug-likeness (QED) is 0.255. The highest BCUT2D eigenvalue weighted by Crippen LogP contribution is 2.45. The Bertz CT molecular complexity index is 1710. The van der Waals surface area contributed by atoms with Crippen LogP contribution in [0.4, 0.5) is 5.69 Å². The summed E-state index contributed by atoms with van der Waals surface area (Å²) in [5, 5.41) is 44.5. The summed E-state index contributed by atoms with van der Waals surface area (Å²) in [4.78, 5) is 13.3. The first-order chi connectivity index (χ1) is 17.8. The van der Waals surface area contributed by atoms with E-state index in [9.17, 15) is 20.1 Å². The molecule has 1 aromatic heterocycles. The first kappa shape index (κ1) is 26.9. The van der Waals surface area contributed by atoms with Crippen molar-refractivity contribution in [2.45, 2.75) is 13.8 Å². The number of aromatic hydroxyl groups is 1. The Balaban J connectivity index is 1.66. The SMILES string of the molecule is CC1=N[N+](c2c(Cl)cc(Cl)cc2Cl)=C(O)/C1=C1\C(=O)C(c2c(C)nn(-c3c(Cl)cc(Cl)cc3Cl)c2O)=C1[O-]. The molecule has 0 spiro atoms. The maximum Gasteiger partial charge on any atom is 0.407 e. The van der Waals surface area contributed by atoms with E-state index in [0.29, 0.717) is 0 Å². The molecule has 0 saturated heterocycles. The number of hydrogen-bond acceptors (Lipinski definition) is 5. The minimum Gasteiger partial charge on any atom is -0.871 e. The molecule has 8 nitrogen and oxygen atoms in total. The molecule has 3 aromatic rings. The molecule has 38 heavy (non-hydrogen) atoms. The van der Waals surface area contributed by atoms with E-state index in [1.807, 2.05) is 0 Å². The number of aliphatic hydroxyl groups excluding tert-OH is 1. The van der Waals surface area contributed by atoms with Crippen molar-refractivity contribution in [3.8, 4) is 11.6 Å². The lowest BCUT2D eigenvalue weighted by atomic mass is 9.80. The number of ketones is 1. The minimum atomic E-state index is -0.729. The Hall–Kier alpha value is -2.72. The van der Waals surface area contributed by atoms with Gasteiger partial charge in [-0.15, -0.1) is 0 Å². The molecule has 0 fully saturated rings. The van der Waals surface area contributed by atoms with Crippen molar-refractivity contribution in [1.82, 2.24) is 9.78 Å². The van der Waals surface area contributed by atoms with E-state index in [4.69, 9.17) is 69.6 Å². The molecule has 5 rings (SSSR count). The zero-order chi connectivity index (χ0) is 27.8. The van der Waals surface area contributed by atoms with Crippen LogP contribution in [0, 0.1) is 6.92 Å². The molecule has 1 aliphatic carbocycles. The molecule has 0 atom stereocenters. The van der Waals surface area contributed by atoms with Gasteiger partial charge in [-0.25, -0.2) is 0 Å². The Morgan fingerprint density at radius 3 is 1.89 bits per heavy atom. The van der Waals surface area contributed by atoms with Gasteiger partial charge in [0.05, 0.1) is 21.3 Å². The molecular weight excluding hydrogens is 621 g/mol. The molecule has 2 aliphatic rings. The van der Waals surface area contributed by atoms with Crippen molar-refractivity contribution >= 4 is 98.3 Å². The second-order valence-electron chi connectivity index (χ2n) is 8.24. The number of benzene rings is 2. The zero-order valence-corrected chi connectivity index (χ0v) is 23.6. The second kappa shape index (κ2) is 9.48. The summed E-state index contributed by atoms with van der Waals surface area (Å²) in [5.74, 6) is -2.51. The number of aryl methyl sites for hydroxylation is 1. The van der Waals surface area contributed by atoms with Gasteiger partial charge in [0.2, 0.25) is 5.88 Å². The van der Waals surface area contributed by atoms with Gasteiger partial charge in [0.1, 0.15) is 27.0 Å². The van der Waals surface area contributed by atoms with Crippen LogP contribution in [0.25, 0.3) is 11.3 Å². The molecular formula is C24H12Cl6N4O4. The highest BCUT2D eigenvalue weighted by Gasteiger charge is 2.43. The van der Waals surface area contributed by atoms with E-state index in [0.717, 1.165) is 9.37 Å². The summed E-state index contributed by atoms with van der Waals surface area (Å²) >= 11 is 37.0. The summed E-state index contributed by atoms with van der Waals surface area (Å²) in [6.45, 7) is 3.00. The van der Waals surface area contributed by atoms with Crippen LogP contribution < -0.4 is 5.11 Å². The molecule has 0 bridgehead atoms. The molecule has 2 heterocycles. The second-order valence-corrected chi connectivity index (χ2v) is 10.7. The summed E-state index contributed by atoms with van der Waals surface area (Å²) in [5.41, 5.74) is -0.292. The van der Waals surface area contributed by atoms with Crippen LogP contribution in [0.3, 0.4) is 0 Å². The monoisotopic (exact) mass is 630 g/mol. The van der Waals surface area contributed by atoms with E-state index >= 15 is 0 Å². The Labute approximate surface area is 244 Å². The van der Waals surface area contributed by atoms with Gasteiger partial charge in [-0.1, -0.05) is 75.4 Å². The van der Waals surface area contributed by atoms with Crippen LogP contribution >= 0.6 is 69.6 Å². The predicted octanol–water partition coefficient (Wildman–Crippen LogP) is 6.45. The van der Waals surface area contributed by atoms with E-state index in [2.05, 4.69) is 10.2 Å². The first-order valence-corrected chi connectivity index (χ1v) is 12.8. The largest absolute Gasteiger partial charge is 0.871 e. The highest BCUT2D eigenvalue weighted by atomic mass is 35.5. The third kappa shape index (κ3) is 3.99. The molecule has 0 amide bonds. The fourth-order valence-electron chi connectivity index (χ4n) is 4.25. The van der Waals surface area contributed by atoms with E-state index in [1.54, 1.807) is 0 Å². The molecule has 2 aromatic carbocycles. The van der Waals surface area contributed by atoms with Gasteiger partial charge in [0.15, 0.2) is 5.78 Å². The van der Waals surface area contributed by atoms with Crippen LogP contribution in [0.15, 0.2) is 46.3 Å². The number of hydrazone groups is 1. The van der Waals surface area contributed by atoms with Gasteiger partial charge >= 0.3 is 5.90 Å². The van der Waals surface area contributed by atoms with Crippen molar-refractivity contribution in [3.63, 3.8) is 0 Å². The summed E-state index contributed by atoms with van der Waals surface area (Å²) in [7, 11) is 0. The third-order valence-corrected chi connectivity index (χ3v) is 7.46. The standard InChI is InChI=1S/C24H12Cl6N4O4/c1-7-15(23(37)33(31-7)19-11(27)3-9(25)4-12(19)28)17-21(35)18(22(17)36)16-8(2)32-34(24(16)38)20-13(29)5-10(26)6-14(20)30/h3-6H,1-2H3,(H2,31,32,35,36,37,38). The molecule has 2 N–H and O–H groups in total. The van der Waals surface area contributed by atoms with Crippen molar-refractivity contribution in [2.24, 2.45) is 5.10 Å². The molecule has 0 radical (unpaired) electrons. The van der Waals surface area contributed by atoms with Gasteiger partial charge in [0, 0.05) is 26.3 Å².